The second-order valence-corrected chi connectivity index (χ2v) is 5.42. The first-order valence-electron chi connectivity index (χ1n) is 7.38. The lowest BCUT2D eigenvalue weighted by Crippen LogP contribution is -2.39. The zero-order chi connectivity index (χ0) is 15.5. The maximum Gasteiger partial charge on any atom is 0.320 e. The van der Waals surface area contributed by atoms with Gasteiger partial charge in [0.2, 0.25) is 5.88 Å². The number of likely N-dealkylation sites (N-methyl/N-ethyl adjacent to an activating group) is 1. The predicted octanol–water partition coefficient (Wildman–Crippen LogP) is 1.18. The molecule has 0 spiro atoms. The molecule has 22 heavy (non-hydrogen) atoms. The molecule has 8 nitrogen and oxygen atoms in total. The van der Waals surface area contributed by atoms with E-state index in [4.69, 9.17) is 4.74 Å². The van der Waals surface area contributed by atoms with Gasteiger partial charge >= 0.3 is 6.03 Å². The predicted molar refractivity (Wildman–Crippen MR) is 83.1 cm³/mol. The monoisotopic (exact) mass is 304 g/mol. The lowest BCUT2D eigenvalue weighted by Gasteiger charge is -2.13. The molecular formula is C14H20N6O2. The largest absolute Gasteiger partial charge is 0.476 e. The van der Waals surface area contributed by atoms with Gasteiger partial charge in [-0.25, -0.2) is 9.78 Å². The van der Waals surface area contributed by atoms with Crippen molar-refractivity contribution in [3.05, 3.63) is 12.3 Å². The summed E-state index contributed by atoms with van der Waals surface area (Å²) in [7, 11) is 2.04. The van der Waals surface area contributed by atoms with Gasteiger partial charge in [-0.2, -0.15) is 0 Å². The van der Waals surface area contributed by atoms with Crippen molar-refractivity contribution in [3.8, 4) is 5.88 Å². The summed E-state index contributed by atoms with van der Waals surface area (Å²) in [4.78, 5) is 18.4. The Hall–Kier alpha value is -2.35. The number of rotatable bonds is 4. The molecule has 2 aromatic rings. The third-order valence-electron chi connectivity index (χ3n) is 3.66. The highest BCUT2D eigenvalue weighted by molar-refractivity contribution is 5.92. The number of likely N-dealkylation sites (tertiary alicyclic amines) is 1. The van der Waals surface area contributed by atoms with Crippen LogP contribution in [-0.4, -0.2) is 58.9 Å². The number of hydrogen-bond acceptors (Lipinski definition) is 5. The Balaban J connectivity index is 1.65. The molecule has 3 N–H and O–H groups in total. The van der Waals surface area contributed by atoms with Crippen LogP contribution in [0.4, 0.5) is 10.6 Å². The van der Waals surface area contributed by atoms with Gasteiger partial charge in [0.25, 0.3) is 0 Å². The van der Waals surface area contributed by atoms with Crippen LogP contribution in [-0.2, 0) is 0 Å². The maximum atomic E-state index is 12.0. The van der Waals surface area contributed by atoms with Crippen LogP contribution in [0.1, 0.15) is 13.3 Å². The molecule has 1 aliphatic heterocycles. The van der Waals surface area contributed by atoms with Crippen LogP contribution < -0.4 is 15.4 Å². The van der Waals surface area contributed by atoms with Gasteiger partial charge in [0, 0.05) is 24.8 Å². The number of carbonyl (C=O) groups is 1. The van der Waals surface area contributed by atoms with E-state index in [1.165, 1.54) is 0 Å². The van der Waals surface area contributed by atoms with Gasteiger partial charge in [-0.15, -0.1) is 5.10 Å². The van der Waals surface area contributed by atoms with E-state index in [-0.39, 0.29) is 12.1 Å². The van der Waals surface area contributed by atoms with Crippen LogP contribution in [0.5, 0.6) is 5.88 Å². The number of nitrogens with zero attached hydrogens (tertiary/aromatic N) is 3. The number of amides is 2. The number of urea groups is 1. The van der Waals surface area contributed by atoms with Crippen LogP contribution in [0, 0.1) is 0 Å². The Labute approximate surface area is 128 Å². The van der Waals surface area contributed by atoms with Crippen molar-refractivity contribution in [3.63, 3.8) is 0 Å². The molecule has 1 atom stereocenters. The molecule has 3 rings (SSSR count). The normalized spacial score (nSPS) is 18.5. The van der Waals surface area contributed by atoms with Gasteiger partial charge < -0.3 is 15.0 Å². The summed E-state index contributed by atoms with van der Waals surface area (Å²) in [5.41, 5.74) is 0.773. The fourth-order valence-corrected chi connectivity index (χ4v) is 2.60. The van der Waals surface area contributed by atoms with Gasteiger partial charge in [-0.3, -0.25) is 10.4 Å². The number of anilines is 1. The first-order valence-corrected chi connectivity index (χ1v) is 7.38. The highest BCUT2D eigenvalue weighted by Crippen LogP contribution is 2.23. The fraction of sp³-hybridized carbons (Fsp3) is 0.500. The highest BCUT2D eigenvalue weighted by Gasteiger charge is 2.21. The van der Waals surface area contributed by atoms with Gasteiger partial charge in [-0.05, 0) is 26.9 Å². The minimum atomic E-state index is -0.239. The molecule has 1 aliphatic rings. The Kier molecular flexibility index (Phi) is 4.10. The van der Waals surface area contributed by atoms with Gasteiger partial charge in [0.1, 0.15) is 5.82 Å². The smallest absolute Gasteiger partial charge is 0.320 e. The van der Waals surface area contributed by atoms with Crippen molar-refractivity contribution < 1.29 is 9.53 Å². The minimum absolute atomic E-state index is 0.186. The summed E-state index contributed by atoms with van der Waals surface area (Å²) in [6.45, 7) is 4.31. The molecule has 0 aliphatic carbocycles. The molecule has 1 fully saturated rings. The summed E-state index contributed by atoms with van der Waals surface area (Å²) in [5.74, 6) is 0.998. The first-order chi connectivity index (χ1) is 10.7. The zero-order valence-electron chi connectivity index (χ0n) is 12.7. The standard InChI is InChI=1S/C14H20N6O2/c1-3-22-13-10-7-15-12(6-11(10)18-19-13)17-14(21)16-9-4-5-20(2)8-9/h6-7,9H,3-5,8H2,1-2H3,(H,18,19)(H2,15,16,17,21). The van der Waals surface area contributed by atoms with E-state index in [0.717, 1.165) is 30.4 Å². The second-order valence-electron chi connectivity index (χ2n) is 5.42. The molecule has 3 heterocycles. The van der Waals surface area contributed by atoms with Crippen LogP contribution in [0.2, 0.25) is 0 Å². The summed E-state index contributed by atoms with van der Waals surface area (Å²) >= 11 is 0. The summed E-state index contributed by atoms with van der Waals surface area (Å²) in [6, 6.07) is 1.69. The molecule has 118 valence electrons. The Bertz CT molecular complexity index is 670. The fourth-order valence-electron chi connectivity index (χ4n) is 2.60. The quantitative estimate of drug-likeness (QED) is 0.788. The van der Waals surface area contributed by atoms with Gasteiger partial charge in [-0.1, -0.05) is 0 Å². The van der Waals surface area contributed by atoms with E-state index in [0.29, 0.717) is 18.3 Å². The molecule has 1 saturated heterocycles. The van der Waals surface area contributed by atoms with E-state index in [9.17, 15) is 4.79 Å². The molecule has 0 saturated carbocycles. The van der Waals surface area contributed by atoms with E-state index < -0.39 is 0 Å². The molecular weight excluding hydrogens is 284 g/mol. The average molecular weight is 304 g/mol. The molecule has 0 aromatic carbocycles. The third kappa shape index (κ3) is 3.11. The van der Waals surface area contributed by atoms with Crippen molar-refractivity contribution in [2.45, 2.75) is 19.4 Å². The zero-order valence-corrected chi connectivity index (χ0v) is 12.7. The van der Waals surface area contributed by atoms with Crippen LogP contribution in [0.3, 0.4) is 0 Å². The van der Waals surface area contributed by atoms with E-state index >= 15 is 0 Å². The van der Waals surface area contributed by atoms with Gasteiger partial charge in [0.15, 0.2) is 0 Å². The molecule has 0 radical (unpaired) electrons. The van der Waals surface area contributed by atoms with Crippen molar-refractivity contribution in [2.75, 3.05) is 32.1 Å². The van der Waals surface area contributed by atoms with E-state index in [2.05, 4.69) is 30.7 Å². The second kappa shape index (κ2) is 6.18. The Morgan fingerprint density at radius 3 is 3.18 bits per heavy atom. The van der Waals surface area contributed by atoms with Crippen molar-refractivity contribution in [2.24, 2.45) is 0 Å². The Morgan fingerprint density at radius 1 is 1.59 bits per heavy atom. The molecule has 0 bridgehead atoms. The van der Waals surface area contributed by atoms with Crippen LogP contribution in [0.15, 0.2) is 12.3 Å². The summed E-state index contributed by atoms with van der Waals surface area (Å²) < 4.78 is 5.39. The van der Waals surface area contributed by atoms with E-state index in [1.54, 1.807) is 12.3 Å². The number of H-pyrrole nitrogens is 1. The lowest BCUT2D eigenvalue weighted by atomic mass is 10.3. The number of aromatic nitrogens is 3. The van der Waals surface area contributed by atoms with Crippen molar-refractivity contribution in [1.82, 2.24) is 25.4 Å². The van der Waals surface area contributed by atoms with Crippen LogP contribution >= 0.6 is 0 Å². The number of ether oxygens (including phenoxy) is 1. The summed E-state index contributed by atoms with van der Waals surface area (Å²) in [5, 5.41) is 13.4. The van der Waals surface area contributed by atoms with Crippen molar-refractivity contribution >= 4 is 22.8 Å². The lowest BCUT2D eigenvalue weighted by molar-refractivity contribution is 0.248. The molecule has 2 aromatic heterocycles. The SMILES string of the molecule is CCOc1n[nH]c2cc(NC(=O)NC3CCN(C)C3)ncc12. The minimum Gasteiger partial charge on any atom is -0.476 e. The number of fused-ring (bicyclic) bond motifs is 1. The number of aromatic amines is 1. The highest BCUT2D eigenvalue weighted by atomic mass is 16.5. The number of nitrogens with one attached hydrogen (secondary N) is 3. The average Bonchev–Trinajstić information content (AvgIpc) is 3.06. The van der Waals surface area contributed by atoms with E-state index in [1.807, 2.05) is 14.0 Å². The number of pyridine rings is 1. The first kappa shape index (κ1) is 14.6. The molecule has 1 unspecified atom stereocenters. The number of hydrogen-bond donors (Lipinski definition) is 3. The third-order valence-corrected chi connectivity index (χ3v) is 3.66. The van der Waals surface area contributed by atoms with Crippen LogP contribution in [0.25, 0.3) is 10.9 Å². The summed E-state index contributed by atoms with van der Waals surface area (Å²) in [6.07, 6.45) is 2.61. The number of carbonyl (C=O) groups excluding carboxylic acids is 1. The Morgan fingerprint density at radius 2 is 2.45 bits per heavy atom. The maximum absolute atomic E-state index is 12.0. The van der Waals surface area contributed by atoms with Crippen molar-refractivity contribution in [1.29, 1.82) is 0 Å². The van der Waals surface area contributed by atoms with Gasteiger partial charge in [0.05, 0.1) is 17.5 Å². The molecule has 8 heteroatoms. The topological polar surface area (TPSA) is 95.2 Å². The molecule has 2 amide bonds.